The minimum absolute atomic E-state index is 0.101. The summed E-state index contributed by atoms with van der Waals surface area (Å²) in [6.07, 6.45) is 0.101. The zero-order chi connectivity index (χ0) is 13.5. The van der Waals surface area contributed by atoms with Crippen LogP contribution in [-0.4, -0.2) is 31.5 Å². The monoisotopic (exact) mass is 317 g/mol. The van der Waals surface area contributed by atoms with E-state index >= 15 is 0 Å². The first-order valence-electron chi connectivity index (χ1n) is 5.93. The van der Waals surface area contributed by atoms with Crippen LogP contribution in [0.4, 0.5) is 0 Å². The Balaban J connectivity index is 2.87. The van der Waals surface area contributed by atoms with Gasteiger partial charge in [0, 0.05) is 17.6 Å². The number of rotatable bonds is 7. The van der Waals surface area contributed by atoms with E-state index < -0.39 is 0 Å². The normalized spacial score (nSPS) is 10.8. The molecule has 0 spiro atoms. The summed E-state index contributed by atoms with van der Waals surface area (Å²) in [5.41, 5.74) is 1.07. The van der Waals surface area contributed by atoms with E-state index in [0.717, 1.165) is 15.8 Å². The van der Waals surface area contributed by atoms with Crippen molar-refractivity contribution in [3.8, 4) is 11.5 Å². The molecule has 0 aliphatic carbocycles. The number of aliphatic hydroxyl groups excluding tert-OH is 1. The van der Waals surface area contributed by atoms with Crippen molar-refractivity contribution in [2.75, 3.05) is 20.3 Å². The molecular formula is C13H20BrNO3. The first-order valence-corrected chi connectivity index (χ1v) is 6.72. The van der Waals surface area contributed by atoms with E-state index in [2.05, 4.69) is 21.2 Å². The van der Waals surface area contributed by atoms with Crippen LogP contribution in [0.3, 0.4) is 0 Å². The smallest absolute Gasteiger partial charge is 0.162 e. The van der Waals surface area contributed by atoms with Gasteiger partial charge in [0.2, 0.25) is 0 Å². The van der Waals surface area contributed by atoms with E-state index in [1.807, 2.05) is 26.0 Å². The van der Waals surface area contributed by atoms with E-state index in [-0.39, 0.29) is 12.7 Å². The largest absolute Gasteiger partial charge is 0.493 e. The van der Waals surface area contributed by atoms with Gasteiger partial charge in [-0.3, -0.25) is 0 Å². The quantitative estimate of drug-likeness (QED) is 0.758. The lowest BCUT2D eigenvalue weighted by Gasteiger charge is -2.16. The third-order valence-electron chi connectivity index (χ3n) is 2.30. The maximum atomic E-state index is 8.74. The fraction of sp³-hybridized carbons (Fsp3) is 0.538. The number of halogens is 1. The molecule has 102 valence electrons. The van der Waals surface area contributed by atoms with Crippen molar-refractivity contribution in [2.24, 2.45) is 0 Å². The lowest BCUT2D eigenvalue weighted by atomic mass is 10.2. The van der Waals surface area contributed by atoms with Crippen LogP contribution in [0, 0.1) is 0 Å². The fourth-order valence-corrected chi connectivity index (χ4v) is 1.98. The molecule has 1 aromatic rings. The predicted octanol–water partition coefficient (Wildman–Crippen LogP) is 2.33. The summed E-state index contributed by atoms with van der Waals surface area (Å²) in [6, 6.07) is 3.85. The number of hydrogen-bond donors (Lipinski definition) is 2. The van der Waals surface area contributed by atoms with Crippen LogP contribution in [-0.2, 0) is 6.54 Å². The van der Waals surface area contributed by atoms with Gasteiger partial charge in [0.25, 0.3) is 0 Å². The lowest BCUT2D eigenvalue weighted by molar-refractivity contribution is 0.230. The van der Waals surface area contributed by atoms with Gasteiger partial charge in [-0.15, -0.1) is 0 Å². The molecule has 0 fully saturated rings. The topological polar surface area (TPSA) is 50.7 Å². The van der Waals surface area contributed by atoms with Crippen molar-refractivity contribution in [1.29, 1.82) is 0 Å². The molecule has 0 bridgehead atoms. The highest BCUT2D eigenvalue weighted by molar-refractivity contribution is 9.10. The Hall–Kier alpha value is -0.780. The number of ether oxygens (including phenoxy) is 2. The van der Waals surface area contributed by atoms with E-state index in [1.54, 1.807) is 7.11 Å². The highest BCUT2D eigenvalue weighted by Gasteiger charge is 2.11. The molecule has 1 aromatic carbocycles. The average molecular weight is 318 g/mol. The number of aliphatic hydroxyl groups is 1. The zero-order valence-corrected chi connectivity index (χ0v) is 12.6. The molecule has 0 saturated heterocycles. The van der Waals surface area contributed by atoms with Crippen LogP contribution in [0.5, 0.6) is 11.5 Å². The molecule has 0 saturated carbocycles. The minimum Gasteiger partial charge on any atom is -0.493 e. The van der Waals surface area contributed by atoms with E-state index in [4.69, 9.17) is 14.6 Å². The maximum Gasteiger partial charge on any atom is 0.162 e. The van der Waals surface area contributed by atoms with Gasteiger partial charge in [-0.05, 0) is 31.5 Å². The summed E-state index contributed by atoms with van der Waals surface area (Å²) in [7, 11) is 1.63. The second-order valence-corrected chi connectivity index (χ2v) is 5.02. The average Bonchev–Trinajstić information content (AvgIpc) is 2.31. The molecule has 0 atom stereocenters. The Morgan fingerprint density at radius 3 is 2.61 bits per heavy atom. The summed E-state index contributed by atoms with van der Waals surface area (Å²) >= 11 is 3.51. The van der Waals surface area contributed by atoms with Gasteiger partial charge in [-0.1, -0.05) is 15.9 Å². The fourth-order valence-electron chi connectivity index (χ4n) is 1.52. The first-order chi connectivity index (χ1) is 8.58. The predicted molar refractivity (Wildman–Crippen MR) is 75.3 cm³/mol. The van der Waals surface area contributed by atoms with Crippen LogP contribution in [0.25, 0.3) is 0 Å². The number of methoxy groups -OCH3 is 1. The number of hydrogen-bond acceptors (Lipinski definition) is 4. The molecule has 18 heavy (non-hydrogen) atoms. The Morgan fingerprint density at radius 2 is 2.06 bits per heavy atom. The van der Waals surface area contributed by atoms with Crippen molar-refractivity contribution < 1.29 is 14.6 Å². The van der Waals surface area contributed by atoms with E-state index in [1.165, 1.54) is 0 Å². The molecule has 2 N–H and O–H groups in total. The second kappa shape index (κ2) is 7.61. The molecule has 0 amide bonds. The summed E-state index contributed by atoms with van der Waals surface area (Å²) in [5.74, 6) is 1.44. The van der Waals surface area contributed by atoms with Gasteiger partial charge in [0.15, 0.2) is 11.5 Å². The molecule has 0 aliphatic rings. The van der Waals surface area contributed by atoms with Crippen molar-refractivity contribution in [3.05, 3.63) is 22.2 Å². The molecule has 4 nitrogen and oxygen atoms in total. The van der Waals surface area contributed by atoms with Crippen LogP contribution in [0.2, 0.25) is 0 Å². The van der Waals surface area contributed by atoms with Crippen molar-refractivity contribution >= 4 is 15.9 Å². The molecule has 5 heteroatoms. The van der Waals surface area contributed by atoms with E-state index in [0.29, 0.717) is 18.8 Å². The standard InChI is InChI=1S/C13H20BrNO3/c1-9(2)18-13-7-11(14)10(6-12(13)17-3)8-15-4-5-16/h6-7,9,15-16H,4-5,8H2,1-3H3. The van der Waals surface area contributed by atoms with Gasteiger partial charge in [-0.2, -0.15) is 0 Å². The highest BCUT2D eigenvalue weighted by Crippen LogP contribution is 2.34. The summed E-state index contributed by atoms with van der Waals surface area (Å²) < 4.78 is 12.0. The molecular weight excluding hydrogens is 298 g/mol. The van der Waals surface area contributed by atoms with Gasteiger partial charge in [0.05, 0.1) is 19.8 Å². The number of benzene rings is 1. The third-order valence-corrected chi connectivity index (χ3v) is 3.04. The molecule has 0 unspecified atom stereocenters. The van der Waals surface area contributed by atoms with Crippen LogP contribution in [0.1, 0.15) is 19.4 Å². The van der Waals surface area contributed by atoms with Crippen molar-refractivity contribution in [1.82, 2.24) is 5.32 Å². The molecule has 0 radical (unpaired) electrons. The molecule has 1 rings (SSSR count). The maximum absolute atomic E-state index is 8.74. The van der Waals surface area contributed by atoms with Crippen LogP contribution < -0.4 is 14.8 Å². The van der Waals surface area contributed by atoms with Gasteiger partial charge >= 0.3 is 0 Å². The first kappa shape index (κ1) is 15.3. The van der Waals surface area contributed by atoms with E-state index in [9.17, 15) is 0 Å². The summed E-state index contributed by atoms with van der Waals surface area (Å²) in [4.78, 5) is 0. The van der Waals surface area contributed by atoms with Crippen molar-refractivity contribution in [3.63, 3.8) is 0 Å². The van der Waals surface area contributed by atoms with Crippen LogP contribution in [0.15, 0.2) is 16.6 Å². The van der Waals surface area contributed by atoms with Crippen LogP contribution >= 0.6 is 15.9 Å². The Kier molecular flexibility index (Phi) is 6.46. The van der Waals surface area contributed by atoms with Gasteiger partial charge in [0.1, 0.15) is 0 Å². The molecule has 0 aromatic heterocycles. The Labute approximate surface area is 116 Å². The SMILES string of the molecule is COc1cc(CNCCO)c(Br)cc1OC(C)C. The lowest BCUT2D eigenvalue weighted by Crippen LogP contribution is -2.18. The zero-order valence-electron chi connectivity index (χ0n) is 11.0. The highest BCUT2D eigenvalue weighted by atomic mass is 79.9. The molecule has 0 heterocycles. The number of nitrogens with one attached hydrogen (secondary N) is 1. The summed E-state index contributed by atoms with van der Waals surface area (Å²) in [6.45, 7) is 5.32. The van der Waals surface area contributed by atoms with Crippen molar-refractivity contribution in [2.45, 2.75) is 26.5 Å². The Bertz CT molecular complexity index is 383. The van der Waals surface area contributed by atoms with Gasteiger partial charge in [-0.25, -0.2) is 0 Å². The minimum atomic E-state index is 0.101. The molecule has 0 aliphatic heterocycles. The second-order valence-electron chi connectivity index (χ2n) is 4.16. The summed E-state index contributed by atoms with van der Waals surface area (Å²) in [5, 5.41) is 11.9. The Morgan fingerprint density at radius 1 is 1.33 bits per heavy atom. The van der Waals surface area contributed by atoms with Gasteiger partial charge < -0.3 is 19.9 Å². The third kappa shape index (κ3) is 4.48.